The number of hydrogen-bond donors (Lipinski definition) is 0. The van der Waals surface area contributed by atoms with Crippen LogP contribution in [-0.2, 0) is 0 Å². The van der Waals surface area contributed by atoms with Crippen molar-refractivity contribution < 1.29 is 0 Å². The highest BCUT2D eigenvalue weighted by Gasteiger charge is 2.51. The third-order valence-electron chi connectivity index (χ3n) is 28.6. The predicted octanol–water partition coefficient (Wildman–Crippen LogP) is 24.9. The predicted molar refractivity (Wildman–Crippen MR) is 599 cm³/mol. The van der Waals surface area contributed by atoms with Crippen molar-refractivity contribution in [2.75, 3.05) is 0 Å². The lowest BCUT2D eigenvalue weighted by atomic mass is 9.98. The van der Waals surface area contributed by atoms with Crippen LogP contribution in [0.4, 0.5) is 0 Å². The Hall–Kier alpha value is -17.7. The molecule has 0 atom stereocenters. The van der Waals surface area contributed by atoms with Gasteiger partial charge in [0.25, 0.3) is 0 Å². The van der Waals surface area contributed by atoms with Crippen molar-refractivity contribution in [2.24, 2.45) is 0 Å². The van der Waals surface area contributed by atoms with Crippen LogP contribution in [0.1, 0.15) is 11.1 Å². The summed E-state index contributed by atoms with van der Waals surface area (Å²) in [5, 5.41) is 16.6. The Balaban J connectivity index is 0.000000116. The van der Waals surface area contributed by atoms with Crippen LogP contribution in [0.25, 0.3) is 180 Å². The molecule has 23 aromatic rings. The second kappa shape index (κ2) is 37.6. The van der Waals surface area contributed by atoms with Gasteiger partial charge in [0.1, 0.15) is 8.07 Å². The molecular formula is C131H95N9Si3. The first-order chi connectivity index (χ1) is 70.5. The SMILES string of the molecule is C[Si]1(C)c2cc(-c3nc(-c4ccccc4)nc(-c4ccccc4-c4ccccc4)n3)ccc2-c2ccc3ccccc3c21.Cc1ccc([Si]2(c3ccc(C)cc3)c3ccccc3-c3ccc(-c4nc(-c5ccccc5)nc(-c5ccccc5-c5ccccc5)n4)cc32)cc1.c1ccc(-c2nc(-c3ccccc3-c3ccccc3)nc(-c3cccc4c3-c3ccccc3[Si]4(c3ccccc3)c3ccccc3)n2)cc1. The van der Waals surface area contributed by atoms with Gasteiger partial charge in [-0.15, -0.1) is 0 Å². The van der Waals surface area contributed by atoms with Crippen LogP contribution in [0.2, 0.25) is 13.1 Å². The molecule has 3 aliphatic rings. The lowest BCUT2D eigenvalue weighted by molar-refractivity contribution is 1.07. The first-order valence-corrected chi connectivity index (χ1v) is 55.8. The third-order valence-corrected chi connectivity index (χ3v) is 41.8. The second-order valence-corrected chi connectivity index (χ2v) is 49.1. The lowest BCUT2D eigenvalue weighted by Gasteiger charge is -2.31. The van der Waals surface area contributed by atoms with E-state index in [-0.39, 0.29) is 0 Å². The molecule has 676 valence electrons. The molecule has 20 aromatic carbocycles. The van der Waals surface area contributed by atoms with Gasteiger partial charge in [-0.3, -0.25) is 0 Å². The molecule has 9 nitrogen and oxygen atoms in total. The minimum absolute atomic E-state index is 0.654. The maximum Gasteiger partial charge on any atom is 0.180 e. The fourth-order valence-corrected chi connectivity index (χ4v) is 35.7. The van der Waals surface area contributed by atoms with Crippen molar-refractivity contribution in [1.82, 2.24) is 44.9 Å². The van der Waals surface area contributed by atoms with E-state index in [0.717, 1.165) is 83.5 Å². The summed E-state index contributed by atoms with van der Waals surface area (Å²) >= 11 is 0. The van der Waals surface area contributed by atoms with Gasteiger partial charge in [0.2, 0.25) is 0 Å². The molecule has 143 heavy (non-hydrogen) atoms. The second-order valence-electron chi connectivity index (χ2n) is 37.4. The topological polar surface area (TPSA) is 116 Å². The molecule has 0 unspecified atom stereocenters. The lowest BCUT2D eigenvalue weighted by Crippen LogP contribution is -2.72. The average molecular weight is 1880 g/mol. The Bertz CT molecular complexity index is 8640. The molecule has 0 spiro atoms. The maximum atomic E-state index is 5.32. The highest BCUT2D eigenvalue weighted by molar-refractivity contribution is 7.23. The molecule has 0 aliphatic carbocycles. The summed E-state index contributed by atoms with van der Waals surface area (Å²) in [7, 11) is -7.37. The molecule has 0 N–H and O–H groups in total. The average Bonchev–Trinajstić information content (AvgIpc) is 1.53. The molecule has 3 aliphatic heterocycles. The molecule has 0 saturated heterocycles. The van der Waals surface area contributed by atoms with E-state index in [4.69, 9.17) is 44.9 Å². The van der Waals surface area contributed by atoms with Crippen LogP contribution in [0, 0.1) is 13.8 Å². The number of rotatable bonds is 16. The molecule has 0 radical (unpaired) electrons. The summed E-state index contributed by atoms with van der Waals surface area (Å²) in [6.07, 6.45) is 0. The van der Waals surface area contributed by atoms with E-state index in [2.05, 4.69) is 458 Å². The van der Waals surface area contributed by atoms with Crippen molar-refractivity contribution in [2.45, 2.75) is 26.9 Å². The smallest absolute Gasteiger partial charge is 0.180 e. The summed E-state index contributed by atoms with van der Waals surface area (Å²) < 4.78 is 0. The van der Waals surface area contributed by atoms with Crippen molar-refractivity contribution in [3.63, 3.8) is 0 Å². The van der Waals surface area contributed by atoms with E-state index in [1.54, 1.807) is 0 Å². The highest BCUT2D eigenvalue weighted by atomic mass is 28.3. The standard InChI is InChI=1S/C47H35N3Si.C45H31N3Si.C39H29N3Si/c1-32-21-26-37(27-22-32)51(38-28-23-33(2)24-29-38)43-20-12-11-18-40(43)41-30-25-36(31-44(41)51)46-48-45(35-15-7-4-8-16-35)49-47(50-46)42-19-10-9-17-39(42)34-13-5-3-6-14-34;1-5-18-32(19-6-1)36-26-13-14-27-37(36)44-46-43(33-20-7-2-8-21-33)47-45(48-44)39-29-17-31-41-42(39)38-28-15-16-30-40(38)49(41,34-22-9-3-10-23-34)35-24-11-4-12-25-35;1-43(2)35-25-29(22-23-32(35)33-24-21-27-15-9-10-19-31(27)36(33)43)38-40-37(28-16-7-4-8-17-28)41-39(42-38)34-20-12-11-18-30(34)26-13-5-3-6-14-26/h3-31H,1-2H3;1-31H;3-25H,1-2H3. The van der Waals surface area contributed by atoms with E-state index in [1.807, 2.05) is 72.8 Å². The zero-order valence-corrected chi connectivity index (χ0v) is 82.4. The van der Waals surface area contributed by atoms with Gasteiger partial charge in [-0.25, -0.2) is 44.9 Å². The zero-order chi connectivity index (χ0) is 96.0. The van der Waals surface area contributed by atoms with Gasteiger partial charge in [-0.05, 0) is 143 Å². The van der Waals surface area contributed by atoms with Crippen LogP contribution in [0.5, 0.6) is 0 Å². The van der Waals surface area contributed by atoms with Crippen molar-refractivity contribution in [3.8, 4) is 169 Å². The fourth-order valence-electron chi connectivity index (χ4n) is 21.9. The Kier molecular flexibility index (Phi) is 23.1. The first kappa shape index (κ1) is 88.1. The maximum absolute atomic E-state index is 5.32. The molecule has 3 aromatic heterocycles. The Morgan fingerprint density at radius 1 is 0.161 bits per heavy atom. The van der Waals surface area contributed by atoms with Crippen LogP contribution in [0.15, 0.2) is 504 Å². The molecule has 0 bridgehead atoms. The van der Waals surface area contributed by atoms with Gasteiger partial charge in [0.05, 0.1) is 0 Å². The number of nitrogens with zero attached hydrogens (tertiary/aromatic N) is 9. The van der Waals surface area contributed by atoms with E-state index < -0.39 is 24.2 Å². The van der Waals surface area contributed by atoms with Crippen LogP contribution in [-0.4, -0.2) is 69.1 Å². The van der Waals surface area contributed by atoms with Gasteiger partial charge in [0.15, 0.2) is 68.6 Å². The number of aromatic nitrogens is 9. The largest absolute Gasteiger partial charge is 0.208 e. The highest BCUT2D eigenvalue weighted by Crippen LogP contribution is 2.43. The monoisotopic (exact) mass is 1880 g/mol. The first-order valence-electron chi connectivity index (χ1n) is 48.8. The molecule has 6 heterocycles. The van der Waals surface area contributed by atoms with Gasteiger partial charge in [-0.1, -0.05) is 528 Å². The van der Waals surface area contributed by atoms with Crippen molar-refractivity contribution >= 4 is 86.9 Å². The zero-order valence-electron chi connectivity index (χ0n) is 79.4. The van der Waals surface area contributed by atoms with Gasteiger partial charge < -0.3 is 0 Å². The van der Waals surface area contributed by atoms with Crippen molar-refractivity contribution in [3.05, 3.63) is 515 Å². The fraction of sp³-hybridized carbons (Fsp3) is 0.0305. The molecule has 0 saturated carbocycles. The van der Waals surface area contributed by atoms with Crippen LogP contribution < -0.4 is 51.9 Å². The molecule has 0 fully saturated rings. The summed E-state index contributed by atoms with van der Waals surface area (Å²) in [5.74, 6) is 6.00. The van der Waals surface area contributed by atoms with E-state index in [9.17, 15) is 0 Å². The van der Waals surface area contributed by atoms with Crippen LogP contribution in [0.3, 0.4) is 0 Å². The van der Waals surface area contributed by atoms with Crippen molar-refractivity contribution in [1.29, 1.82) is 0 Å². The van der Waals surface area contributed by atoms with Gasteiger partial charge >= 0.3 is 0 Å². The Morgan fingerprint density at radius 3 is 0.860 bits per heavy atom. The third kappa shape index (κ3) is 16.0. The number of fused-ring (bicyclic) bond motifs is 11. The summed E-state index contributed by atoms with van der Waals surface area (Å²) in [4.78, 5) is 46.5. The summed E-state index contributed by atoms with van der Waals surface area (Å²) in [6.45, 7) is 9.27. The quantitative estimate of drug-likeness (QED) is 0.0872. The normalized spacial score (nSPS) is 12.8. The summed E-state index contributed by atoms with van der Waals surface area (Å²) in [6, 6.07) is 180. The van der Waals surface area contributed by atoms with Crippen LogP contribution >= 0.6 is 0 Å². The Labute approximate surface area is 836 Å². The molecule has 12 heteroatoms. The van der Waals surface area contributed by atoms with E-state index >= 15 is 0 Å². The van der Waals surface area contributed by atoms with E-state index in [0.29, 0.717) is 52.4 Å². The minimum Gasteiger partial charge on any atom is -0.208 e. The van der Waals surface area contributed by atoms with E-state index in [1.165, 1.54) is 107 Å². The van der Waals surface area contributed by atoms with Gasteiger partial charge in [-0.2, -0.15) is 0 Å². The summed E-state index contributed by atoms with van der Waals surface area (Å²) in [5.41, 5.74) is 25.8. The Morgan fingerprint density at radius 2 is 0.434 bits per heavy atom. The molecule has 0 amide bonds. The molecular weight excluding hydrogens is 1780 g/mol. The molecule has 26 rings (SSSR count). The van der Waals surface area contributed by atoms with Gasteiger partial charge in [0, 0.05) is 50.1 Å². The minimum atomic E-state index is -2.72. The number of hydrogen-bond acceptors (Lipinski definition) is 9. The number of benzene rings is 20. The number of aryl methyl sites for hydroxylation is 2.